The summed E-state index contributed by atoms with van der Waals surface area (Å²) in [4.78, 5) is 0. The fourth-order valence-corrected chi connectivity index (χ4v) is 9.11. The summed E-state index contributed by atoms with van der Waals surface area (Å²) in [5, 5.41) is 0. The molecule has 0 fully saturated rings. The minimum absolute atomic E-state index is 0.628. The van der Waals surface area contributed by atoms with Crippen LogP contribution in [0, 0.1) is 0 Å². The Balaban J connectivity index is 1.97. The zero-order chi connectivity index (χ0) is 15.1. The van der Waals surface area contributed by atoms with Gasteiger partial charge in [0, 0.05) is 0 Å². The van der Waals surface area contributed by atoms with E-state index in [9.17, 15) is 0 Å². The third kappa shape index (κ3) is 2.14. The van der Waals surface area contributed by atoms with Crippen molar-refractivity contribution in [2.24, 2.45) is 0 Å². The first-order chi connectivity index (χ1) is 10.8. The van der Waals surface area contributed by atoms with Gasteiger partial charge in [0.2, 0.25) is 0 Å². The van der Waals surface area contributed by atoms with Crippen molar-refractivity contribution in [2.45, 2.75) is 24.5 Å². The van der Waals surface area contributed by atoms with Crippen molar-refractivity contribution in [1.82, 2.24) is 0 Å². The van der Waals surface area contributed by atoms with Crippen LogP contribution in [0.25, 0.3) is 11.1 Å². The quantitative estimate of drug-likeness (QED) is 0.647. The predicted octanol–water partition coefficient (Wildman–Crippen LogP) is 5.43. The van der Waals surface area contributed by atoms with E-state index in [2.05, 4.69) is 80.6 Å². The molecule has 0 N–H and O–H groups in total. The second-order valence-corrected chi connectivity index (χ2v) is 11.1. The summed E-state index contributed by atoms with van der Waals surface area (Å²) in [6.07, 6.45) is 8.13. The molecular weight excluding hydrogens is 300 g/mol. The van der Waals surface area contributed by atoms with E-state index >= 15 is 0 Å². The molecule has 0 aromatic heterocycles. The van der Waals surface area contributed by atoms with E-state index in [1.807, 2.05) is 0 Å². The molecule has 2 aromatic carbocycles. The van der Waals surface area contributed by atoms with Crippen LogP contribution in [0.3, 0.4) is 0 Å². The maximum atomic E-state index is 2.39. The number of benzene rings is 2. The van der Waals surface area contributed by atoms with Gasteiger partial charge in [-0.3, -0.25) is 0 Å². The summed E-state index contributed by atoms with van der Waals surface area (Å²) < 4.78 is 4.02. The Morgan fingerprint density at radius 1 is 0.909 bits per heavy atom. The van der Waals surface area contributed by atoms with Crippen LogP contribution in [0.1, 0.15) is 35.6 Å². The summed E-state index contributed by atoms with van der Waals surface area (Å²) in [5.74, 6) is 0. The summed E-state index contributed by atoms with van der Waals surface area (Å²) in [6, 6.07) is 18.1. The van der Waals surface area contributed by atoms with Gasteiger partial charge in [-0.15, -0.1) is 0 Å². The van der Waals surface area contributed by atoms with E-state index in [0.717, 1.165) is 0 Å². The molecule has 0 radical (unpaired) electrons. The molecule has 0 heterocycles. The average molecular weight is 320 g/mol. The Morgan fingerprint density at radius 2 is 1.50 bits per heavy atom. The van der Waals surface area contributed by atoms with E-state index in [1.165, 1.54) is 17.5 Å². The summed E-state index contributed by atoms with van der Waals surface area (Å²) in [7, 11) is 0. The molecular formula is C21H20Ti. The van der Waals surface area contributed by atoms with Crippen LogP contribution in [-0.4, -0.2) is 3.81 Å². The molecule has 2 aliphatic rings. The molecule has 0 aliphatic heterocycles. The van der Waals surface area contributed by atoms with Gasteiger partial charge < -0.3 is 0 Å². The van der Waals surface area contributed by atoms with Crippen LogP contribution in [-0.2, 0) is 17.4 Å². The van der Waals surface area contributed by atoms with Crippen molar-refractivity contribution in [3.63, 3.8) is 0 Å². The van der Waals surface area contributed by atoms with E-state index < -0.39 is 17.4 Å². The second kappa shape index (κ2) is 5.61. The number of allylic oxidation sites excluding steroid dienone is 4. The number of rotatable bonds is 2. The zero-order valence-corrected chi connectivity index (χ0v) is 14.7. The van der Waals surface area contributed by atoms with Gasteiger partial charge in [0.1, 0.15) is 0 Å². The van der Waals surface area contributed by atoms with Crippen molar-refractivity contribution in [2.75, 3.05) is 0 Å². The number of fused-ring (bicyclic) bond motifs is 3. The van der Waals surface area contributed by atoms with Crippen molar-refractivity contribution < 1.29 is 17.4 Å². The Hall–Kier alpha value is -1.50. The Kier molecular flexibility index (Phi) is 3.60. The van der Waals surface area contributed by atoms with E-state index in [1.54, 1.807) is 18.8 Å². The zero-order valence-electron chi connectivity index (χ0n) is 13.1. The molecule has 0 amide bonds. The van der Waals surface area contributed by atoms with Gasteiger partial charge in [-0.05, 0) is 0 Å². The van der Waals surface area contributed by atoms with Gasteiger partial charge in [-0.25, -0.2) is 0 Å². The van der Waals surface area contributed by atoms with Crippen LogP contribution in [0.5, 0.6) is 0 Å². The van der Waals surface area contributed by atoms with E-state index in [4.69, 9.17) is 0 Å². The molecule has 0 saturated heterocycles. The fourth-order valence-electron chi connectivity index (χ4n) is 3.91. The van der Waals surface area contributed by atoms with Gasteiger partial charge in [-0.1, -0.05) is 0 Å². The molecule has 108 valence electrons. The molecule has 0 bridgehead atoms. The first-order valence-electron chi connectivity index (χ1n) is 7.99. The Labute approximate surface area is 138 Å². The van der Waals surface area contributed by atoms with Crippen LogP contribution < -0.4 is 0 Å². The summed E-state index contributed by atoms with van der Waals surface area (Å²) >= 11 is -1.50. The fraction of sp³-hybridized carbons (Fsp3) is 0.190. The van der Waals surface area contributed by atoms with Gasteiger partial charge >= 0.3 is 139 Å². The SMILES string of the molecule is C[C](C)=[Ti]([C]1=CC=CC1)[CH]1c2ccccc2-c2ccccc21. The molecule has 0 nitrogen and oxygen atoms in total. The Bertz CT molecular complexity index is 787. The third-order valence-corrected chi connectivity index (χ3v) is 9.99. The number of hydrogen-bond acceptors (Lipinski definition) is 0. The molecule has 0 unspecified atom stereocenters. The molecule has 22 heavy (non-hydrogen) atoms. The summed E-state index contributed by atoms with van der Waals surface area (Å²) in [6.45, 7) is 4.72. The van der Waals surface area contributed by atoms with Crippen LogP contribution in [0.2, 0.25) is 0 Å². The van der Waals surface area contributed by atoms with Gasteiger partial charge in [0.15, 0.2) is 0 Å². The monoisotopic (exact) mass is 320 g/mol. The molecule has 0 atom stereocenters. The predicted molar refractivity (Wildman–Crippen MR) is 91.9 cm³/mol. The average Bonchev–Trinajstić information content (AvgIpc) is 3.16. The van der Waals surface area contributed by atoms with Crippen molar-refractivity contribution >= 4 is 3.81 Å². The van der Waals surface area contributed by atoms with Crippen LogP contribution in [0.4, 0.5) is 0 Å². The Morgan fingerprint density at radius 3 is 2.00 bits per heavy atom. The standard InChI is InChI=1S/C13H9.C5H5.C3H6.Ti/c1-3-7-12-10(5-1)9-11-6-2-4-8-13(11)12;1-2-4-5-3-1;1-3-2;/h1-9H;1-3H,4H2;1-2H3;. The first kappa shape index (κ1) is 14.1. The molecule has 2 aromatic rings. The molecule has 0 saturated carbocycles. The normalized spacial score (nSPS) is 15.5. The van der Waals surface area contributed by atoms with Crippen molar-refractivity contribution in [3.05, 3.63) is 81.8 Å². The second-order valence-electron chi connectivity index (χ2n) is 6.35. The molecule has 0 spiro atoms. The number of hydrogen-bond donors (Lipinski definition) is 0. The summed E-state index contributed by atoms with van der Waals surface area (Å²) in [5.41, 5.74) is 6.04. The third-order valence-electron chi connectivity index (χ3n) is 4.78. The van der Waals surface area contributed by atoms with Crippen molar-refractivity contribution in [3.8, 4) is 11.1 Å². The van der Waals surface area contributed by atoms with Crippen molar-refractivity contribution in [1.29, 1.82) is 0 Å². The van der Waals surface area contributed by atoms with Crippen LogP contribution >= 0.6 is 0 Å². The topological polar surface area (TPSA) is 0 Å². The first-order valence-corrected chi connectivity index (χ1v) is 10.5. The molecule has 4 rings (SSSR count). The van der Waals surface area contributed by atoms with Gasteiger partial charge in [-0.2, -0.15) is 0 Å². The van der Waals surface area contributed by atoms with E-state index in [-0.39, 0.29) is 0 Å². The maximum absolute atomic E-state index is 2.39. The van der Waals surface area contributed by atoms with Gasteiger partial charge in [0.05, 0.1) is 0 Å². The van der Waals surface area contributed by atoms with Gasteiger partial charge in [0.25, 0.3) is 0 Å². The molecule has 1 heteroatoms. The van der Waals surface area contributed by atoms with E-state index in [0.29, 0.717) is 4.22 Å². The van der Waals surface area contributed by atoms with Crippen LogP contribution in [0.15, 0.2) is 70.6 Å². The minimum atomic E-state index is -1.50. The molecule has 2 aliphatic carbocycles.